The molecule has 0 spiro atoms. The average molecular weight is 433 g/mol. The van der Waals surface area contributed by atoms with Gasteiger partial charge in [0.1, 0.15) is 0 Å². The molecule has 0 aromatic heterocycles. The van der Waals surface area contributed by atoms with E-state index in [0.717, 1.165) is 24.1 Å². The van der Waals surface area contributed by atoms with Crippen LogP contribution in [0.25, 0.3) is 0 Å². The van der Waals surface area contributed by atoms with E-state index in [1.54, 1.807) is 7.05 Å². The molecule has 1 saturated carbocycles. The van der Waals surface area contributed by atoms with Crippen LogP contribution >= 0.6 is 0 Å². The van der Waals surface area contributed by atoms with Gasteiger partial charge in [-0.2, -0.15) is 0 Å². The normalized spacial score (nSPS) is 39.1. The van der Waals surface area contributed by atoms with Crippen LogP contribution in [0.5, 0.6) is 0 Å². The first-order chi connectivity index (χ1) is 13.1. The van der Waals surface area contributed by atoms with E-state index in [-0.39, 0.29) is 23.8 Å². The number of amides is 2. The van der Waals surface area contributed by atoms with Crippen LogP contribution in [0, 0.1) is 11.8 Å². The molecule has 0 radical (unpaired) electrons. The van der Waals surface area contributed by atoms with E-state index in [1.807, 2.05) is 0 Å². The predicted molar refractivity (Wildman–Crippen MR) is 102 cm³/mol. The quantitative estimate of drug-likeness (QED) is 0.527. The molecule has 3 aliphatic heterocycles. The van der Waals surface area contributed by atoms with Gasteiger partial charge >= 0.3 is 166 Å². The molecule has 1 aromatic carbocycles. The van der Waals surface area contributed by atoms with Gasteiger partial charge in [-0.05, 0) is 0 Å². The molecule has 6 atom stereocenters. The summed E-state index contributed by atoms with van der Waals surface area (Å²) < 4.78 is 1.49. The summed E-state index contributed by atoms with van der Waals surface area (Å²) >= 11 is 0.519. The van der Waals surface area contributed by atoms with E-state index in [4.69, 9.17) is 4.84 Å². The summed E-state index contributed by atoms with van der Waals surface area (Å²) in [5.74, 6) is 0.153. The Morgan fingerprint density at radius 2 is 1.63 bits per heavy atom. The molecule has 3 heterocycles. The molecule has 0 bridgehead atoms. The summed E-state index contributed by atoms with van der Waals surface area (Å²) in [4.78, 5) is 33.1. The monoisotopic (exact) mass is 434 g/mol. The molecule has 0 N–H and O–H groups in total. The molecule has 2 amide bonds. The van der Waals surface area contributed by atoms with Gasteiger partial charge in [-0.3, -0.25) is 0 Å². The summed E-state index contributed by atoms with van der Waals surface area (Å²) in [6, 6.07) is 11.3. The van der Waals surface area contributed by atoms with Gasteiger partial charge in [-0.25, -0.2) is 0 Å². The maximum atomic E-state index is 12.5. The summed E-state index contributed by atoms with van der Waals surface area (Å²) in [6.45, 7) is 0. The van der Waals surface area contributed by atoms with Crippen LogP contribution in [0.2, 0.25) is 4.82 Å². The number of benzene rings is 1. The van der Waals surface area contributed by atoms with Crippen molar-refractivity contribution in [3.05, 3.63) is 30.3 Å². The van der Waals surface area contributed by atoms with Gasteiger partial charge in [0.15, 0.2) is 0 Å². The molecule has 4 fully saturated rings. The first kappa shape index (κ1) is 17.9. The van der Waals surface area contributed by atoms with Crippen molar-refractivity contribution in [2.24, 2.45) is 11.8 Å². The fraction of sp³-hybridized carbons (Fsp3) is 0.619. The number of likely N-dealkylation sites (N-methyl/N-ethyl adjacent to an activating group) is 1. The van der Waals surface area contributed by atoms with Crippen LogP contribution < -0.4 is 4.46 Å². The average Bonchev–Trinajstić information content (AvgIpc) is 3.07. The van der Waals surface area contributed by atoms with Gasteiger partial charge in [0.25, 0.3) is 0 Å². The third kappa shape index (κ3) is 2.98. The molecular weight excluding hydrogens is 407 g/mol. The molecule has 1 aromatic rings. The molecule has 27 heavy (non-hydrogen) atoms. The fourth-order valence-corrected chi connectivity index (χ4v) is 8.01. The van der Waals surface area contributed by atoms with E-state index in [9.17, 15) is 9.59 Å². The summed E-state index contributed by atoms with van der Waals surface area (Å²) in [5.41, 5.74) is 0. The minimum atomic E-state index is -0.571. The van der Waals surface area contributed by atoms with Crippen LogP contribution in [0.1, 0.15) is 38.5 Å². The van der Waals surface area contributed by atoms with E-state index in [2.05, 4.69) is 35.4 Å². The standard InChI is InChI=1S/C21H26N2O3Se/c1-22-20(24)18-17-11-8-13-7-9-15(27-14-5-3-2-4-6-14)10-12-16(13)23(17)26-19(18)21(22)25/h2-6,13,15-19H,7-12H2,1H3/t13-,15+,16-,17+,18-,19+/m1/s1. The number of rotatable bonds is 2. The molecule has 5 rings (SSSR count). The van der Waals surface area contributed by atoms with Gasteiger partial charge in [0.2, 0.25) is 0 Å². The topological polar surface area (TPSA) is 49.9 Å². The first-order valence-corrected chi connectivity index (χ1v) is 12.0. The van der Waals surface area contributed by atoms with Crippen molar-refractivity contribution < 1.29 is 14.4 Å². The molecule has 3 saturated heterocycles. The second kappa shape index (κ2) is 7.00. The second-order valence-electron chi connectivity index (χ2n) is 8.33. The maximum absolute atomic E-state index is 12.5. The Hall–Kier alpha value is -1.20. The number of carbonyl (C=O) groups excluding carboxylic acids is 2. The Kier molecular flexibility index (Phi) is 4.63. The number of piperidine rings is 1. The molecule has 5 nitrogen and oxygen atoms in total. The number of hydroxylamine groups is 2. The van der Waals surface area contributed by atoms with Crippen molar-refractivity contribution in [2.45, 2.75) is 61.5 Å². The molecule has 144 valence electrons. The van der Waals surface area contributed by atoms with Crippen molar-refractivity contribution in [1.29, 1.82) is 0 Å². The zero-order valence-corrected chi connectivity index (χ0v) is 17.3. The fourth-order valence-electron chi connectivity index (χ4n) is 5.48. The number of likely N-dealkylation sites (tertiary alicyclic amines) is 1. The SMILES string of the molecule is CN1C(=O)[C@H]2[C@H](ON3[C@@H]4CC[C@@H]([Se]c5ccccc5)CC[C@@H]4CC[C@@H]23)C1=O. The van der Waals surface area contributed by atoms with Crippen molar-refractivity contribution in [1.82, 2.24) is 9.96 Å². The Morgan fingerprint density at radius 1 is 0.926 bits per heavy atom. The number of hydrogen-bond donors (Lipinski definition) is 0. The first-order valence-electron chi connectivity index (χ1n) is 10.1. The van der Waals surface area contributed by atoms with E-state index >= 15 is 0 Å². The number of hydrogen-bond acceptors (Lipinski definition) is 4. The van der Waals surface area contributed by atoms with E-state index in [1.165, 1.54) is 28.6 Å². The molecular formula is C21H26N2O3Se. The number of fused-ring (bicyclic) bond motifs is 5. The van der Waals surface area contributed by atoms with Gasteiger partial charge in [0, 0.05) is 0 Å². The van der Waals surface area contributed by atoms with Gasteiger partial charge < -0.3 is 0 Å². The Balaban J connectivity index is 1.30. The Labute approximate surface area is 166 Å². The number of carbonyl (C=O) groups is 2. The minimum absolute atomic E-state index is 0.0464. The Morgan fingerprint density at radius 3 is 2.44 bits per heavy atom. The molecule has 6 heteroatoms. The van der Waals surface area contributed by atoms with Gasteiger partial charge in [-0.15, -0.1) is 0 Å². The van der Waals surface area contributed by atoms with Crippen LogP contribution in [-0.2, 0) is 14.4 Å². The van der Waals surface area contributed by atoms with Gasteiger partial charge in [0.05, 0.1) is 0 Å². The third-order valence-corrected chi connectivity index (χ3v) is 9.72. The van der Waals surface area contributed by atoms with Crippen molar-refractivity contribution in [3.63, 3.8) is 0 Å². The summed E-state index contributed by atoms with van der Waals surface area (Å²) in [7, 11) is 1.59. The van der Waals surface area contributed by atoms with E-state index in [0.29, 0.717) is 26.9 Å². The van der Waals surface area contributed by atoms with Crippen molar-refractivity contribution >= 4 is 31.2 Å². The Bertz CT molecular complexity index is 742. The van der Waals surface area contributed by atoms with Crippen LogP contribution in [0.3, 0.4) is 0 Å². The van der Waals surface area contributed by atoms with Crippen LogP contribution in [0.15, 0.2) is 30.3 Å². The molecule has 0 unspecified atom stereocenters. The third-order valence-electron chi connectivity index (χ3n) is 6.89. The van der Waals surface area contributed by atoms with Crippen LogP contribution in [-0.4, -0.2) is 62.0 Å². The number of nitrogens with zero attached hydrogens (tertiary/aromatic N) is 2. The summed E-state index contributed by atoms with van der Waals surface area (Å²) in [5, 5.41) is 2.10. The second-order valence-corrected chi connectivity index (χ2v) is 11.2. The molecule has 4 aliphatic rings. The zero-order chi connectivity index (χ0) is 18.5. The van der Waals surface area contributed by atoms with Gasteiger partial charge in [-0.1, -0.05) is 0 Å². The van der Waals surface area contributed by atoms with E-state index < -0.39 is 6.10 Å². The molecule has 1 aliphatic carbocycles. The predicted octanol–water partition coefficient (Wildman–Crippen LogP) is 1.76. The van der Waals surface area contributed by atoms with Crippen LogP contribution in [0.4, 0.5) is 0 Å². The van der Waals surface area contributed by atoms with Crippen molar-refractivity contribution in [2.75, 3.05) is 7.05 Å². The van der Waals surface area contributed by atoms with Crippen molar-refractivity contribution in [3.8, 4) is 0 Å². The summed E-state index contributed by atoms with van der Waals surface area (Å²) in [6.07, 6.45) is 6.45. The zero-order valence-electron chi connectivity index (χ0n) is 15.6. The number of imide groups is 1.